The molecule has 1 saturated heterocycles. The van der Waals surface area contributed by atoms with E-state index in [1.165, 1.54) is 19.1 Å². The number of aromatic nitrogens is 1. The molecule has 1 aromatic heterocycles. The molecule has 0 bridgehead atoms. The smallest absolute Gasteiger partial charge is 0.350 e. The highest BCUT2D eigenvalue weighted by Crippen LogP contribution is 2.44. The molecule has 1 amide bonds. The van der Waals surface area contributed by atoms with Crippen LogP contribution in [0.1, 0.15) is 46.4 Å². The van der Waals surface area contributed by atoms with Crippen molar-refractivity contribution in [3.63, 3.8) is 0 Å². The Hall–Kier alpha value is -4.18. The van der Waals surface area contributed by atoms with Gasteiger partial charge in [-0.05, 0) is 50.6 Å². The Morgan fingerprint density at radius 1 is 1.08 bits per heavy atom. The maximum Gasteiger partial charge on any atom is 0.350 e. The lowest BCUT2D eigenvalue weighted by molar-refractivity contribution is -0.132. The van der Waals surface area contributed by atoms with E-state index in [-0.39, 0.29) is 27.4 Å². The Bertz CT molecular complexity index is 1390. The number of hydrogen-bond donors (Lipinski definition) is 1. The topological polar surface area (TPSA) is 115 Å². The summed E-state index contributed by atoms with van der Waals surface area (Å²) in [5, 5.41) is 11.4. The van der Waals surface area contributed by atoms with Crippen LogP contribution in [-0.2, 0) is 14.3 Å². The Morgan fingerprint density at radius 3 is 2.41 bits per heavy atom. The van der Waals surface area contributed by atoms with Crippen LogP contribution in [0, 0.1) is 6.92 Å². The minimum Gasteiger partial charge on any atom is -0.507 e. The first-order chi connectivity index (χ1) is 17.7. The van der Waals surface area contributed by atoms with Crippen molar-refractivity contribution in [2.24, 2.45) is 0 Å². The number of hydrogen-bond acceptors (Lipinski definition) is 9. The van der Waals surface area contributed by atoms with Crippen molar-refractivity contribution in [1.82, 2.24) is 4.98 Å². The zero-order valence-corrected chi connectivity index (χ0v) is 21.8. The largest absolute Gasteiger partial charge is 0.507 e. The highest BCUT2D eigenvalue weighted by atomic mass is 32.1. The van der Waals surface area contributed by atoms with E-state index >= 15 is 0 Å². The molecule has 10 heteroatoms. The molecule has 4 rings (SSSR count). The highest BCUT2D eigenvalue weighted by molar-refractivity contribution is 7.17. The Kier molecular flexibility index (Phi) is 7.30. The number of rotatable bonds is 7. The molecule has 9 nitrogen and oxygen atoms in total. The van der Waals surface area contributed by atoms with E-state index in [2.05, 4.69) is 4.98 Å². The zero-order chi connectivity index (χ0) is 26.9. The lowest BCUT2D eigenvalue weighted by atomic mass is 9.95. The molecule has 0 saturated carbocycles. The number of esters is 1. The molecule has 0 spiro atoms. The summed E-state index contributed by atoms with van der Waals surface area (Å²) >= 11 is 0.939. The van der Waals surface area contributed by atoms with E-state index in [1.54, 1.807) is 55.5 Å². The summed E-state index contributed by atoms with van der Waals surface area (Å²) in [7, 11) is 2.74. The number of aliphatic hydroxyl groups excluding tert-OH is 1. The van der Waals surface area contributed by atoms with Gasteiger partial charge in [0.2, 0.25) is 0 Å². The number of aryl methyl sites for hydroxylation is 1. The Balaban J connectivity index is 1.90. The number of methoxy groups -OCH3 is 2. The van der Waals surface area contributed by atoms with Gasteiger partial charge in [0.1, 0.15) is 22.1 Å². The number of benzene rings is 2. The summed E-state index contributed by atoms with van der Waals surface area (Å²) in [6.07, 6.45) is -0.0421. The maximum atomic E-state index is 13.4. The average molecular weight is 523 g/mol. The molecule has 1 aliphatic rings. The van der Waals surface area contributed by atoms with Crippen molar-refractivity contribution >= 4 is 39.9 Å². The quantitative estimate of drug-likeness (QED) is 0.206. The summed E-state index contributed by atoms with van der Waals surface area (Å²) in [4.78, 5) is 44.7. The van der Waals surface area contributed by atoms with E-state index < -0.39 is 23.7 Å². The Labute approximate surface area is 217 Å². The summed E-state index contributed by atoms with van der Waals surface area (Å²) in [6.45, 7) is 5.42. The molecule has 192 valence electrons. The summed E-state index contributed by atoms with van der Waals surface area (Å²) in [6, 6.07) is 12.5. The predicted octanol–water partition coefficient (Wildman–Crippen LogP) is 4.66. The zero-order valence-electron chi connectivity index (χ0n) is 21.0. The number of ketones is 1. The van der Waals surface area contributed by atoms with Crippen LogP contribution in [0.25, 0.3) is 5.76 Å². The van der Waals surface area contributed by atoms with E-state index in [0.717, 1.165) is 11.3 Å². The fourth-order valence-corrected chi connectivity index (χ4v) is 5.05. The molecule has 37 heavy (non-hydrogen) atoms. The van der Waals surface area contributed by atoms with Crippen LogP contribution in [0.2, 0.25) is 0 Å². The molecular formula is C27H26N2O7S. The van der Waals surface area contributed by atoms with Gasteiger partial charge in [-0.1, -0.05) is 35.6 Å². The normalized spacial score (nSPS) is 16.8. The number of aliphatic hydroxyl groups is 1. The fourth-order valence-electron chi connectivity index (χ4n) is 4.04. The molecule has 1 fully saturated rings. The van der Waals surface area contributed by atoms with E-state index in [9.17, 15) is 19.5 Å². The van der Waals surface area contributed by atoms with Crippen molar-refractivity contribution < 1.29 is 33.7 Å². The minimum absolute atomic E-state index is 0.0421. The first kappa shape index (κ1) is 25.9. The van der Waals surface area contributed by atoms with Crippen LogP contribution in [-0.4, -0.2) is 48.1 Å². The second-order valence-corrected chi connectivity index (χ2v) is 9.52. The first-order valence-electron chi connectivity index (χ1n) is 11.4. The van der Waals surface area contributed by atoms with Crippen molar-refractivity contribution in [3.8, 4) is 11.5 Å². The molecule has 1 unspecified atom stereocenters. The summed E-state index contributed by atoms with van der Waals surface area (Å²) in [5.41, 5.74) is 1.11. The van der Waals surface area contributed by atoms with Gasteiger partial charge < -0.3 is 19.3 Å². The average Bonchev–Trinajstić information content (AvgIpc) is 3.39. The third-order valence-electron chi connectivity index (χ3n) is 5.72. The third-order valence-corrected chi connectivity index (χ3v) is 6.85. The molecule has 1 aliphatic heterocycles. The number of carbonyl (C=O) groups is 3. The molecular weight excluding hydrogens is 496 g/mol. The van der Waals surface area contributed by atoms with Gasteiger partial charge in [-0.15, -0.1) is 0 Å². The second-order valence-electron chi connectivity index (χ2n) is 8.54. The fraction of sp³-hybridized carbons (Fsp3) is 0.259. The molecule has 1 N–H and O–H groups in total. The van der Waals surface area contributed by atoms with Gasteiger partial charge in [0, 0.05) is 5.56 Å². The van der Waals surface area contributed by atoms with Crippen LogP contribution >= 0.6 is 11.3 Å². The van der Waals surface area contributed by atoms with Gasteiger partial charge in [-0.2, -0.15) is 0 Å². The molecule has 1 atom stereocenters. The monoisotopic (exact) mass is 522 g/mol. The van der Waals surface area contributed by atoms with Crippen LogP contribution in [0.15, 0.2) is 54.1 Å². The molecule has 0 aliphatic carbocycles. The van der Waals surface area contributed by atoms with E-state index in [1.807, 2.05) is 13.8 Å². The number of anilines is 1. The van der Waals surface area contributed by atoms with Gasteiger partial charge in [-0.3, -0.25) is 14.5 Å². The van der Waals surface area contributed by atoms with Gasteiger partial charge >= 0.3 is 11.9 Å². The lowest BCUT2D eigenvalue weighted by Gasteiger charge is -2.23. The lowest BCUT2D eigenvalue weighted by Crippen LogP contribution is -2.29. The minimum atomic E-state index is -1.00. The molecule has 0 radical (unpaired) electrons. The van der Waals surface area contributed by atoms with Gasteiger partial charge in [-0.25, -0.2) is 9.78 Å². The number of nitrogens with zero attached hydrogens (tertiary/aromatic N) is 2. The second kappa shape index (κ2) is 10.4. The Morgan fingerprint density at radius 2 is 1.78 bits per heavy atom. The summed E-state index contributed by atoms with van der Waals surface area (Å²) < 4.78 is 15.8. The third kappa shape index (κ3) is 4.92. The highest BCUT2D eigenvalue weighted by Gasteiger charge is 2.48. The number of ether oxygens (including phenoxy) is 3. The predicted molar refractivity (Wildman–Crippen MR) is 138 cm³/mol. The SMILES string of the molecule is COC(=O)c1sc(N2C(=O)C(=O)/C(=C(/O)c3cccc(OC)c3)C2c2ccc(OC(C)C)cc2)nc1C. The van der Waals surface area contributed by atoms with Crippen molar-refractivity contribution in [3.05, 3.63) is 75.8 Å². The number of amides is 1. The summed E-state index contributed by atoms with van der Waals surface area (Å²) in [5.74, 6) is -1.61. The molecule has 2 heterocycles. The number of carbonyl (C=O) groups excluding carboxylic acids is 3. The van der Waals surface area contributed by atoms with Crippen LogP contribution < -0.4 is 14.4 Å². The first-order valence-corrected chi connectivity index (χ1v) is 12.3. The number of thiazole rings is 1. The number of Topliss-reactive ketones (excluding diaryl/α,β-unsaturated/α-hetero) is 1. The molecule has 3 aromatic rings. The van der Waals surface area contributed by atoms with Crippen molar-refractivity contribution in [1.29, 1.82) is 0 Å². The standard InChI is InChI=1S/C27H26N2O7S/c1-14(2)36-18-11-9-16(10-12-18)21-20(22(30)17-7-6-8-19(13-17)34-4)23(31)25(32)29(21)27-28-15(3)24(37-27)26(33)35-5/h6-14,21,30H,1-5H3/b22-20+. The van der Waals surface area contributed by atoms with E-state index in [4.69, 9.17) is 14.2 Å². The van der Waals surface area contributed by atoms with Gasteiger partial charge in [0.05, 0.1) is 37.6 Å². The van der Waals surface area contributed by atoms with Gasteiger partial charge in [0.25, 0.3) is 5.78 Å². The maximum absolute atomic E-state index is 13.4. The molecule has 2 aromatic carbocycles. The van der Waals surface area contributed by atoms with Crippen LogP contribution in [0.4, 0.5) is 5.13 Å². The van der Waals surface area contributed by atoms with Crippen molar-refractivity contribution in [2.75, 3.05) is 19.1 Å². The van der Waals surface area contributed by atoms with E-state index in [0.29, 0.717) is 28.3 Å². The van der Waals surface area contributed by atoms with Crippen LogP contribution in [0.5, 0.6) is 11.5 Å². The van der Waals surface area contributed by atoms with Crippen molar-refractivity contribution in [2.45, 2.75) is 32.9 Å². The van der Waals surface area contributed by atoms with Crippen LogP contribution in [0.3, 0.4) is 0 Å². The van der Waals surface area contributed by atoms with Gasteiger partial charge in [0.15, 0.2) is 5.13 Å².